The molecular weight excluding hydrogens is 314 g/mol. The normalized spacial score (nSPS) is 28.7. The fraction of sp³-hybridized carbons (Fsp3) is 0.933. The standard InChI is InChI=1S/C15H28BN2O4P/c1-11(2)18(12(3)4)23(20-8-7-17-5)22-13-9-15(16)21-14(13)10-19-6/h11-15H,7-10H2,1-4,6H3/t13?,14-,15-,23?/m1/s1/i6TD/t6?,13?,14-,15-,23?. The smallest absolute Gasteiger partial charge is 0.259 e. The van der Waals surface area contributed by atoms with E-state index in [4.69, 9.17) is 35.7 Å². The van der Waals surface area contributed by atoms with Crippen LogP contribution in [0.15, 0.2) is 0 Å². The van der Waals surface area contributed by atoms with Gasteiger partial charge in [0.25, 0.3) is 8.53 Å². The molecule has 0 spiro atoms. The van der Waals surface area contributed by atoms with Crippen LogP contribution in [0.1, 0.15) is 36.9 Å². The molecule has 130 valence electrons. The van der Waals surface area contributed by atoms with Gasteiger partial charge in [0, 0.05) is 25.1 Å². The molecule has 8 heteroatoms. The Hall–Kier alpha value is -0.215. The second kappa shape index (κ2) is 10.6. The summed E-state index contributed by atoms with van der Waals surface area (Å²) in [5.74, 6) is 0. The second-order valence-corrected chi connectivity index (χ2v) is 7.35. The van der Waals surface area contributed by atoms with E-state index in [1.165, 1.54) is 0 Å². The molecule has 0 aromatic heterocycles. The Kier molecular flexibility index (Phi) is 8.12. The van der Waals surface area contributed by atoms with E-state index in [1.54, 1.807) is 0 Å². The predicted molar refractivity (Wildman–Crippen MR) is 92.2 cm³/mol. The molecule has 1 heterocycles. The Labute approximate surface area is 145 Å². The largest absolute Gasteiger partial charge is 0.382 e. The fourth-order valence-electron chi connectivity index (χ4n) is 2.51. The van der Waals surface area contributed by atoms with Crippen LogP contribution in [-0.2, 0) is 18.5 Å². The van der Waals surface area contributed by atoms with Gasteiger partial charge in [-0.1, -0.05) is 0 Å². The van der Waals surface area contributed by atoms with Crippen molar-refractivity contribution in [2.24, 2.45) is 0 Å². The zero-order valence-corrected chi connectivity index (χ0v) is 15.2. The molecule has 0 bridgehead atoms. The first-order valence-electron chi connectivity index (χ1n) is 9.00. The SMILES string of the molecule is [2H]C([3H])OC[C@H]1O[C@@H]([B])CC1OP(OCC[N+]#[C-])N(C(C)C)C(C)C. The zero-order valence-electron chi connectivity index (χ0n) is 16.3. The van der Waals surface area contributed by atoms with Gasteiger partial charge in [-0.05, 0) is 34.1 Å². The summed E-state index contributed by atoms with van der Waals surface area (Å²) in [6, 6.07) is -0.0635. The topological polar surface area (TPSA) is 44.5 Å². The molecule has 23 heavy (non-hydrogen) atoms. The molecule has 1 aliphatic heterocycles. The summed E-state index contributed by atoms with van der Waals surface area (Å²) in [4.78, 5) is 3.32. The zero-order chi connectivity index (χ0) is 19.0. The molecule has 1 aliphatic rings. The van der Waals surface area contributed by atoms with E-state index in [-0.39, 0.29) is 31.3 Å². The van der Waals surface area contributed by atoms with Crippen LogP contribution in [0.3, 0.4) is 0 Å². The number of rotatable bonds is 10. The Morgan fingerprint density at radius 2 is 2.22 bits per heavy atom. The van der Waals surface area contributed by atoms with Crippen molar-refractivity contribution in [2.75, 3.05) is 26.8 Å². The van der Waals surface area contributed by atoms with Crippen molar-refractivity contribution in [2.45, 2.75) is 64.4 Å². The lowest BCUT2D eigenvalue weighted by Gasteiger charge is -2.37. The lowest BCUT2D eigenvalue weighted by molar-refractivity contribution is -0.0144. The molecular formula is C15H28BN2O4P. The van der Waals surface area contributed by atoms with Gasteiger partial charge in [0.1, 0.15) is 20.6 Å². The van der Waals surface area contributed by atoms with Gasteiger partial charge in [0.15, 0.2) is 0 Å². The van der Waals surface area contributed by atoms with Gasteiger partial charge in [0.2, 0.25) is 6.54 Å². The van der Waals surface area contributed by atoms with Crippen molar-refractivity contribution in [1.82, 2.24) is 4.67 Å². The molecule has 6 nitrogen and oxygen atoms in total. The van der Waals surface area contributed by atoms with Crippen LogP contribution >= 0.6 is 8.53 Å². The third-order valence-corrected chi connectivity index (χ3v) is 5.52. The molecule has 5 atom stereocenters. The molecule has 0 aliphatic carbocycles. The van der Waals surface area contributed by atoms with Crippen LogP contribution in [0.4, 0.5) is 0 Å². The van der Waals surface area contributed by atoms with Crippen molar-refractivity contribution < 1.29 is 21.3 Å². The summed E-state index contributed by atoms with van der Waals surface area (Å²) < 4.78 is 39.2. The Morgan fingerprint density at radius 3 is 2.78 bits per heavy atom. The summed E-state index contributed by atoms with van der Waals surface area (Å²) in [7, 11) is 3.11. The molecule has 2 radical (unpaired) electrons. The third kappa shape index (κ3) is 6.66. The van der Waals surface area contributed by atoms with Crippen LogP contribution < -0.4 is 0 Å². The molecule has 1 rings (SSSR count). The highest BCUT2D eigenvalue weighted by Gasteiger charge is 2.38. The molecule has 0 saturated carbocycles. The van der Waals surface area contributed by atoms with Crippen molar-refractivity contribution in [3.63, 3.8) is 0 Å². The number of methoxy groups -OCH3 is 1. The Morgan fingerprint density at radius 1 is 1.52 bits per heavy atom. The van der Waals surface area contributed by atoms with Gasteiger partial charge in [-0.25, -0.2) is 11.2 Å². The first-order valence-corrected chi connectivity index (χ1v) is 8.97. The van der Waals surface area contributed by atoms with Gasteiger partial charge in [-0.15, -0.1) is 0 Å². The van der Waals surface area contributed by atoms with E-state index < -0.39 is 27.7 Å². The van der Waals surface area contributed by atoms with E-state index in [0.717, 1.165) is 0 Å². The van der Waals surface area contributed by atoms with E-state index in [0.29, 0.717) is 13.0 Å². The summed E-state index contributed by atoms with van der Waals surface area (Å²) in [5, 5.41) is 0. The highest BCUT2D eigenvalue weighted by atomic mass is 31.2. The molecule has 0 aromatic rings. The van der Waals surface area contributed by atoms with Gasteiger partial charge >= 0.3 is 0 Å². The molecule has 0 aromatic carbocycles. The lowest BCUT2D eigenvalue weighted by atomic mass is 9.96. The van der Waals surface area contributed by atoms with Gasteiger partial charge in [-0.2, -0.15) is 0 Å². The Balaban J connectivity index is 2.80. The fourth-order valence-corrected chi connectivity index (χ4v) is 4.25. The van der Waals surface area contributed by atoms with Crippen LogP contribution in [0.25, 0.3) is 4.85 Å². The maximum absolute atomic E-state index is 7.15. The lowest BCUT2D eigenvalue weighted by Crippen LogP contribution is -2.36. The van der Waals surface area contributed by atoms with Gasteiger partial charge in [-0.3, -0.25) is 0 Å². The summed E-state index contributed by atoms with van der Waals surface area (Å²) in [6.07, 6.45) is -0.291. The van der Waals surface area contributed by atoms with Crippen molar-refractivity contribution in [3.05, 3.63) is 11.4 Å². The number of hydrogen-bond acceptors (Lipinski definition) is 5. The van der Waals surface area contributed by atoms with E-state index in [2.05, 4.69) is 37.2 Å². The minimum atomic E-state index is -1.39. The first kappa shape index (κ1) is 17.6. The highest BCUT2D eigenvalue weighted by molar-refractivity contribution is 7.44. The molecule has 0 amide bonds. The minimum absolute atomic E-state index is 0.0740. The van der Waals surface area contributed by atoms with E-state index in [1.807, 2.05) is 0 Å². The molecule has 1 saturated heterocycles. The predicted octanol–water partition coefficient (Wildman–Crippen LogP) is 2.58. The van der Waals surface area contributed by atoms with E-state index in [9.17, 15) is 0 Å². The van der Waals surface area contributed by atoms with Gasteiger partial charge in [0.05, 0.1) is 15.5 Å². The first-order chi connectivity index (χ1) is 11.8. The number of ether oxygens (including phenoxy) is 2. The van der Waals surface area contributed by atoms with Crippen molar-refractivity contribution in [3.8, 4) is 0 Å². The average Bonchev–Trinajstić information content (AvgIpc) is 2.84. The maximum atomic E-state index is 7.15. The monoisotopic (exact) mass is 345 g/mol. The third-order valence-electron chi connectivity index (χ3n) is 3.37. The van der Waals surface area contributed by atoms with Crippen LogP contribution in [-0.4, -0.2) is 69.6 Å². The number of hydrogen-bond donors (Lipinski definition) is 0. The molecule has 3 unspecified atom stereocenters. The summed E-state index contributed by atoms with van der Waals surface area (Å²) in [6.45, 7) is 15.8. The summed E-state index contributed by atoms with van der Waals surface area (Å²) >= 11 is 0. The van der Waals surface area contributed by atoms with Crippen molar-refractivity contribution in [1.29, 1.82) is 0 Å². The quantitative estimate of drug-likeness (QED) is 0.264. The maximum Gasteiger partial charge on any atom is 0.259 e. The number of nitrogens with zero attached hydrogens (tertiary/aromatic N) is 2. The molecule has 0 N–H and O–H groups in total. The minimum Gasteiger partial charge on any atom is -0.382 e. The Bertz CT molecular complexity index is 421. The van der Waals surface area contributed by atoms with Crippen molar-refractivity contribution >= 4 is 16.4 Å². The van der Waals surface area contributed by atoms with Crippen LogP contribution in [0.2, 0.25) is 0 Å². The van der Waals surface area contributed by atoms with E-state index >= 15 is 0 Å². The highest BCUT2D eigenvalue weighted by Crippen LogP contribution is 2.48. The molecule has 1 fully saturated rings. The summed E-state index contributed by atoms with van der Waals surface area (Å²) in [5.41, 5.74) is 0. The van der Waals surface area contributed by atoms with Crippen LogP contribution in [0.5, 0.6) is 0 Å². The van der Waals surface area contributed by atoms with Gasteiger partial charge < -0.3 is 23.4 Å². The second-order valence-electron chi connectivity index (χ2n) is 5.95. The van der Waals surface area contributed by atoms with Crippen LogP contribution in [0, 0.1) is 6.57 Å². The average molecular weight is 345 g/mol.